The zero-order valence-corrected chi connectivity index (χ0v) is 13.1. The van der Waals surface area contributed by atoms with Crippen molar-refractivity contribution in [3.8, 4) is 17.0 Å². The minimum absolute atomic E-state index is 0.0526. The van der Waals surface area contributed by atoms with Crippen LogP contribution in [0.2, 0.25) is 0 Å². The summed E-state index contributed by atoms with van der Waals surface area (Å²) in [6.45, 7) is -0.836. The third-order valence-electron chi connectivity index (χ3n) is 2.61. The summed E-state index contributed by atoms with van der Waals surface area (Å²) in [5.74, 6) is -0.193. The third-order valence-corrected chi connectivity index (χ3v) is 3.45. The van der Waals surface area contributed by atoms with Crippen LogP contribution in [0.15, 0.2) is 41.7 Å². The molecule has 2 rings (SSSR count). The average molecular weight is 340 g/mol. The first kappa shape index (κ1) is 17.1. The summed E-state index contributed by atoms with van der Waals surface area (Å²) < 4.78 is 33.7. The Kier molecular flexibility index (Phi) is 6.28. The molecule has 1 heterocycles. The van der Waals surface area contributed by atoms with Crippen LogP contribution in [0, 0.1) is 0 Å². The average Bonchev–Trinajstić information content (AvgIpc) is 2.53. The first-order valence-corrected chi connectivity index (χ1v) is 7.73. The lowest BCUT2D eigenvalue weighted by Crippen LogP contribution is -2.07. The summed E-state index contributed by atoms with van der Waals surface area (Å²) >= 11 is 1.14. The van der Waals surface area contributed by atoms with E-state index >= 15 is 0 Å². The molecule has 0 N–H and O–H groups in total. The molecule has 0 aliphatic carbocycles. The van der Waals surface area contributed by atoms with Gasteiger partial charge in [0, 0.05) is 11.8 Å². The van der Waals surface area contributed by atoms with Gasteiger partial charge in [0.1, 0.15) is 5.75 Å². The molecule has 0 spiro atoms. The van der Waals surface area contributed by atoms with Crippen molar-refractivity contribution in [3.63, 3.8) is 0 Å². The first-order valence-electron chi connectivity index (χ1n) is 6.75. The summed E-state index contributed by atoms with van der Waals surface area (Å²) in [5, 5.41) is 0.399. The van der Waals surface area contributed by atoms with Crippen LogP contribution in [0.25, 0.3) is 11.3 Å². The lowest BCUT2D eigenvalue weighted by Gasteiger charge is -2.07. The lowest BCUT2D eigenvalue weighted by atomic mass is 10.1. The number of hydrogen-bond donors (Lipinski definition) is 0. The number of rotatable bonds is 7. The van der Waals surface area contributed by atoms with Crippen LogP contribution in [-0.4, -0.2) is 34.9 Å². The smallest absolute Gasteiger partial charge is 0.387 e. The Bertz CT molecular complexity index is 671. The maximum absolute atomic E-state index is 12.3. The van der Waals surface area contributed by atoms with Crippen LogP contribution in [0.3, 0.4) is 0 Å². The Morgan fingerprint density at radius 1 is 1.35 bits per heavy atom. The highest BCUT2D eigenvalue weighted by molar-refractivity contribution is 7.99. The normalized spacial score (nSPS) is 10.6. The predicted octanol–water partition coefficient (Wildman–Crippen LogP) is 3.40. The van der Waals surface area contributed by atoms with E-state index in [1.165, 1.54) is 18.3 Å². The second-order valence-corrected chi connectivity index (χ2v) is 5.17. The second-order valence-electron chi connectivity index (χ2n) is 4.22. The minimum Gasteiger partial charge on any atom is -0.465 e. The molecule has 0 fully saturated rings. The third kappa shape index (κ3) is 5.48. The maximum Gasteiger partial charge on any atom is 0.387 e. The van der Waals surface area contributed by atoms with E-state index in [1.54, 1.807) is 25.1 Å². The van der Waals surface area contributed by atoms with E-state index in [2.05, 4.69) is 14.7 Å². The Morgan fingerprint density at radius 3 is 2.91 bits per heavy atom. The molecule has 0 bridgehead atoms. The predicted molar refractivity (Wildman–Crippen MR) is 81.5 cm³/mol. The van der Waals surface area contributed by atoms with Crippen molar-refractivity contribution in [3.05, 3.63) is 36.5 Å². The van der Waals surface area contributed by atoms with Crippen molar-refractivity contribution in [2.45, 2.75) is 18.7 Å². The van der Waals surface area contributed by atoms with Crippen molar-refractivity contribution in [1.29, 1.82) is 0 Å². The van der Waals surface area contributed by atoms with E-state index in [0.29, 0.717) is 23.0 Å². The van der Waals surface area contributed by atoms with Crippen molar-refractivity contribution in [2.75, 3.05) is 12.4 Å². The lowest BCUT2D eigenvalue weighted by molar-refractivity contribution is -0.139. The Hall–Kier alpha value is -2.22. The van der Waals surface area contributed by atoms with Crippen LogP contribution in [-0.2, 0) is 9.53 Å². The first-order chi connectivity index (χ1) is 11.1. The SMILES string of the molecule is CCOC(=O)CSc1nccc(-c2cccc(OC(F)F)c2)n1. The van der Waals surface area contributed by atoms with E-state index < -0.39 is 6.61 Å². The number of aromatic nitrogens is 2. The molecule has 1 aromatic heterocycles. The van der Waals surface area contributed by atoms with Gasteiger partial charge in [0.25, 0.3) is 0 Å². The van der Waals surface area contributed by atoms with Crippen LogP contribution < -0.4 is 4.74 Å². The number of carbonyl (C=O) groups is 1. The number of alkyl halides is 2. The van der Waals surface area contributed by atoms with Gasteiger partial charge in [-0.15, -0.1) is 0 Å². The summed E-state index contributed by atoms with van der Waals surface area (Å²) in [7, 11) is 0. The second kappa shape index (κ2) is 8.42. The van der Waals surface area contributed by atoms with Gasteiger partial charge < -0.3 is 9.47 Å². The number of hydrogen-bond acceptors (Lipinski definition) is 6. The van der Waals surface area contributed by atoms with E-state index in [9.17, 15) is 13.6 Å². The fourth-order valence-corrected chi connectivity index (χ4v) is 2.36. The summed E-state index contributed by atoms with van der Waals surface area (Å²) in [6.07, 6.45) is 1.54. The zero-order valence-electron chi connectivity index (χ0n) is 12.2. The molecule has 0 radical (unpaired) electrons. The van der Waals surface area contributed by atoms with Gasteiger partial charge in [-0.25, -0.2) is 9.97 Å². The molecule has 2 aromatic rings. The Morgan fingerprint density at radius 2 is 2.17 bits per heavy atom. The molecule has 0 amide bonds. The molecule has 8 heteroatoms. The summed E-state index contributed by atoms with van der Waals surface area (Å²) in [6, 6.07) is 7.87. The molecule has 5 nitrogen and oxygen atoms in total. The minimum atomic E-state index is -2.88. The van der Waals surface area contributed by atoms with Gasteiger partial charge in [0.15, 0.2) is 5.16 Å². The van der Waals surface area contributed by atoms with E-state index in [1.807, 2.05) is 0 Å². The molecule has 0 saturated heterocycles. The number of benzene rings is 1. The molecule has 23 heavy (non-hydrogen) atoms. The van der Waals surface area contributed by atoms with Crippen LogP contribution in [0.5, 0.6) is 5.75 Å². The highest BCUT2D eigenvalue weighted by Gasteiger charge is 2.09. The van der Waals surface area contributed by atoms with Crippen molar-refractivity contribution >= 4 is 17.7 Å². The maximum atomic E-state index is 12.3. The van der Waals surface area contributed by atoms with Crippen LogP contribution in [0.1, 0.15) is 6.92 Å². The van der Waals surface area contributed by atoms with Crippen LogP contribution in [0.4, 0.5) is 8.78 Å². The van der Waals surface area contributed by atoms with Crippen molar-refractivity contribution < 1.29 is 23.0 Å². The number of esters is 1. The Balaban J connectivity index is 2.11. The monoisotopic (exact) mass is 340 g/mol. The van der Waals surface area contributed by atoms with Gasteiger partial charge >= 0.3 is 12.6 Å². The fraction of sp³-hybridized carbons (Fsp3) is 0.267. The molecule has 0 unspecified atom stereocenters. The quantitative estimate of drug-likeness (QED) is 0.437. The molecule has 1 aromatic carbocycles. The largest absolute Gasteiger partial charge is 0.465 e. The summed E-state index contributed by atoms with van der Waals surface area (Å²) in [4.78, 5) is 19.7. The van der Waals surface area contributed by atoms with Gasteiger partial charge in [0.05, 0.1) is 18.1 Å². The van der Waals surface area contributed by atoms with Gasteiger partial charge in [-0.3, -0.25) is 4.79 Å². The standard InChI is InChI=1S/C15H14F2N2O3S/c1-2-21-13(20)9-23-15-18-7-6-12(19-15)10-4-3-5-11(8-10)22-14(16)17/h3-8,14H,2,9H2,1H3. The van der Waals surface area contributed by atoms with Gasteiger partial charge in [-0.1, -0.05) is 23.9 Å². The van der Waals surface area contributed by atoms with Gasteiger partial charge in [-0.05, 0) is 25.1 Å². The summed E-state index contributed by atoms with van der Waals surface area (Å²) in [5.41, 5.74) is 1.16. The van der Waals surface area contributed by atoms with Crippen molar-refractivity contribution in [1.82, 2.24) is 9.97 Å². The highest BCUT2D eigenvalue weighted by Crippen LogP contribution is 2.24. The number of nitrogens with zero attached hydrogens (tertiary/aromatic N) is 2. The molecule has 0 aliphatic rings. The number of thioether (sulfide) groups is 1. The van der Waals surface area contributed by atoms with Gasteiger partial charge in [0.2, 0.25) is 0 Å². The van der Waals surface area contributed by atoms with Crippen molar-refractivity contribution in [2.24, 2.45) is 0 Å². The number of ether oxygens (including phenoxy) is 2. The molecular weight excluding hydrogens is 326 g/mol. The zero-order chi connectivity index (χ0) is 16.7. The van der Waals surface area contributed by atoms with Crippen LogP contribution >= 0.6 is 11.8 Å². The molecular formula is C15H14F2N2O3S. The highest BCUT2D eigenvalue weighted by atomic mass is 32.2. The molecule has 122 valence electrons. The van der Waals surface area contributed by atoms with Gasteiger partial charge in [-0.2, -0.15) is 8.78 Å². The Labute approximate surface area is 136 Å². The van der Waals surface area contributed by atoms with E-state index in [-0.39, 0.29) is 17.5 Å². The molecule has 0 atom stereocenters. The number of carbonyl (C=O) groups excluding carboxylic acids is 1. The van der Waals surface area contributed by atoms with E-state index in [0.717, 1.165) is 11.8 Å². The topological polar surface area (TPSA) is 61.3 Å². The fourth-order valence-electron chi connectivity index (χ4n) is 1.73. The molecule has 0 aliphatic heterocycles. The number of halogens is 2. The molecule has 0 saturated carbocycles. The van der Waals surface area contributed by atoms with E-state index in [4.69, 9.17) is 4.74 Å².